The van der Waals surface area contributed by atoms with Gasteiger partial charge in [0.2, 0.25) is 0 Å². The quantitative estimate of drug-likeness (QED) is 0.635. The summed E-state index contributed by atoms with van der Waals surface area (Å²) in [6, 6.07) is 14.9. The van der Waals surface area contributed by atoms with Gasteiger partial charge in [0.15, 0.2) is 0 Å². The van der Waals surface area contributed by atoms with Crippen LogP contribution in [0.5, 0.6) is 0 Å². The smallest absolute Gasteiger partial charge is 0.128 e. The summed E-state index contributed by atoms with van der Waals surface area (Å²) in [5, 5.41) is 4.87. The van der Waals surface area contributed by atoms with E-state index >= 15 is 0 Å². The number of rotatable bonds is 6. The number of nitrogens with zero attached hydrogens (tertiary/aromatic N) is 2. The maximum Gasteiger partial charge on any atom is 0.128 e. The van der Waals surface area contributed by atoms with Crippen LogP contribution < -0.4 is 10.2 Å². The molecule has 0 spiro atoms. The minimum atomic E-state index is 0. The second-order valence-electron chi connectivity index (χ2n) is 6.82. The van der Waals surface area contributed by atoms with E-state index in [1.54, 1.807) is 0 Å². The highest BCUT2D eigenvalue weighted by Gasteiger charge is 2.12. The van der Waals surface area contributed by atoms with Gasteiger partial charge in [0, 0.05) is 36.7 Å². The number of H-pyrrole nitrogens is 1. The van der Waals surface area contributed by atoms with Gasteiger partial charge < -0.3 is 15.2 Å². The van der Waals surface area contributed by atoms with Crippen LogP contribution in [-0.2, 0) is 13.0 Å². The van der Waals surface area contributed by atoms with Gasteiger partial charge in [-0.1, -0.05) is 24.3 Å². The molecule has 1 aromatic carbocycles. The molecule has 26 heavy (non-hydrogen) atoms. The fraction of sp³-hybridized carbons (Fsp3) is 0.381. The van der Waals surface area contributed by atoms with E-state index in [0.717, 1.165) is 44.1 Å². The van der Waals surface area contributed by atoms with Crippen LogP contribution in [0, 0.1) is 0 Å². The third-order valence-electron chi connectivity index (χ3n) is 5.02. The molecule has 2 aromatic heterocycles. The van der Waals surface area contributed by atoms with Crippen LogP contribution in [0.2, 0.25) is 0 Å². The molecule has 1 saturated heterocycles. The maximum absolute atomic E-state index is 4.84. The van der Waals surface area contributed by atoms with Gasteiger partial charge in [-0.2, -0.15) is 0 Å². The molecule has 1 aliphatic rings. The lowest BCUT2D eigenvalue weighted by atomic mass is 10.1. The number of piperidine rings is 1. The highest BCUT2D eigenvalue weighted by atomic mass is 35.5. The third kappa shape index (κ3) is 4.37. The molecule has 0 saturated carbocycles. The van der Waals surface area contributed by atoms with E-state index in [0.29, 0.717) is 0 Å². The molecule has 0 atom stereocenters. The molecule has 0 radical (unpaired) electrons. The Morgan fingerprint density at radius 2 is 1.85 bits per heavy atom. The number of aromatic nitrogens is 2. The first-order valence-corrected chi connectivity index (χ1v) is 9.37. The van der Waals surface area contributed by atoms with Crippen LogP contribution in [0.25, 0.3) is 10.9 Å². The van der Waals surface area contributed by atoms with Crippen molar-refractivity contribution in [3.63, 3.8) is 0 Å². The number of hydrogen-bond donors (Lipinski definition) is 2. The summed E-state index contributed by atoms with van der Waals surface area (Å²) in [6.07, 6.45) is 7.08. The van der Waals surface area contributed by atoms with Crippen molar-refractivity contribution in [2.24, 2.45) is 0 Å². The van der Waals surface area contributed by atoms with E-state index in [2.05, 4.69) is 63.9 Å². The highest BCUT2D eigenvalue weighted by Crippen LogP contribution is 2.19. The molecular formula is C21H27ClN4. The minimum absolute atomic E-state index is 0. The minimum Gasteiger partial charge on any atom is -0.361 e. The van der Waals surface area contributed by atoms with Gasteiger partial charge in [0.1, 0.15) is 5.82 Å². The summed E-state index contributed by atoms with van der Waals surface area (Å²) in [5.74, 6) is 1.13. The zero-order chi connectivity index (χ0) is 16.9. The van der Waals surface area contributed by atoms with Crippen LogP contribution in [0.1, 0.15) is 30.5 Å². The summed E-state index contributed by atoms with van der Waals surface area (Å²) in [7, 11) is 0. The van der Waals surface area contributed by atoms with E-state index in [9.17, 15) is 0 Å². The van der Waals surface area contributed by atoms with Crippen LogP contribution >= 0.6 is 12.4 Å². The SMILES string of the molecule is Cl.c1cc(CNCCc2c[nH]c3ccccc23)nc(N2CCCCC2)c1. The average molecular weight is 371 g/mol. The number of aromatic amines is 1. The zero-order valence-electron chi connectivity index (χ0n) is 15.1. The fourth-order valence-electron chi connectivity index (χ4n) is 3.64. The Morgan fingerprint density at radius 1 is 1.00 bits per heavy atom. The summed E-state index contributed by atoms with van der Waals surface area (Å²) < 4.78 is 0. The van der Waals surface area contributed by atoms with Crippen molar-refractivity contribution < 1.29 is 0 Å². The molecule has 5 heteroatoms. The fourth-order valence-corrected chi connectivity index (χ4v) is 3.64. The molecule has 3 heterocycles. The first-order chi connectivity index (χ1) is 12.4. The number of nitrogens with one attached hydrogen (secondary N) is 2. The van der Waals surface area contributed by atoms with E-state index in [1.807, 2.05) is 0 Å². The van der Waals surface area contributed by atoms with Crippen LogP contribution in [0.3, 0.4) is 0 Å². The molecule has 1 fully saturated rings. The van der Waals surface area contributed by atoms with Crippen LogP contribution in [0.4, 0.5) is 5.82 Å². The molecule has 0 bridgehead atoms. The topological polar surface area (TPSA) is 44.0 Å². The molecule has 138 valence electrons. The second kappa shape index (κ2) is 9.06. The summed E-state index contributed by atoms with van der Waals surface area (Å²) in [6.45, 7) is 4.07. The Labute approximate surface area is 161 Å². The zero-order valence-corrected chi connectivity index (χ0v) is 15.9. The predicted molar refractivity (Wildman–Crippen MR) is 111 cm³/mol. The standard InChI is InChI=1S/C21H26N4.ClH/c1-4-13-25(14-5-1)21-10-6-7-18(24-21)16-22-12-11-17-15-23-20-9-3-2-8-19(17)20;/h2-3,6-10,15,22-23H,1,4-5,11-14,16H2;1H. The van der Waals surface area contributed by atoms with Crippen LogP contribution in [-0.4, -0.2) is 29.6 Å². The second-order valence-corrected chi connectivity index (χ2v) is 6.82. The number of fused-ring (bicyclic) bond motifs is 1. The number of para-hydroxylation sites is 1. The molecule has 1 aliphatic heterocycles. The lowest BCUT2D eigenvalue weighted by Crippen LogP contribution is -2.30. The van der Waals surface area contributed by atoms with E-state index in [1.165, 1.54) is 35.7 Å². The van der Waals surface area contributed by atoms with Crippen molar-refractivity contribution in [3.05, 3.63) is 59.9 Å². The molecule has 0 unspecified atom stereocenters. The summed E-state index contributed by atoms with van der Waals surface area (Å²) in [4.78, 5) is 10.6. The number of hydrogen-bond acceptors (Lipinski definition) is 3. The number of pyridine rings is 1. The molecule has 4 rings (SSSR count). The summed E-state index contributed by atoms with van der Waals surface area (Å²) in [5.41, 5.74) is 3.72. The molecular weight excluding hydrogens is 344 g/mol. The largest absolute Gasteiger partial charge is 0.361 e. The van der Waals surface area contributed by atoms with Gasteiger partial charge in [0.05, 0.1) is 5.69 Å². The Kier molecular flexibility index (Phi) is 6.53. The molecule has 0 amide bonds. The van der Waals surface area contributed by atoms with Gasteiger partial charge in [-0.15, -0.1) is 12.4 Å². The molecule has 2 N–H and O–H groups in total. The van der Waals surface area contributed by atoms with Crippen LogP contribution in [0.15, 0.2) is 48.7 Å². The Bertz CT molecular complexity index is 823. The highest BCUT2D eigenvalue weighted by molar-refractivity contribution is 5.85. The van der Waals surface area contributed by atoms with Crippen molar-refractivity contribution in [1.82, 2.24) is 15.3 Å². The van der Waals surface area contributed by atoms with Gasteiger partial charge >= 0.3 is 0 Å². The normalized spacial score (nSPS) is 14.4. The first kappa shape index (κ1) is 18.7. The third-order valence-corrected chi connectivity index (χ3v) is 5.02. The van der Waals surface area contributed by atoms with Gasteiger partial charge in [-0.05, 0) is 56.0 Å². The lowest BCUT2D eigenvalue weighted by Gasteiger charge is -2.28. The van der Waals surface area contributed by atoms with Gasteiger partial charge in [0.25, 0.3) is 0 Å². The Morgan fingerprint density at radius 3 is 2.73 bits per heavy atom. The Hall–Kier alpha value is -2.04. The van der Waals surface area contributed by atoms with Gasteiger partial charge in [-0.3, -0.25) is 0 Å². The van der Waals surface area contributed by atoms with Crippen molar-refractivity contribution in [2.45, 2.75) is 32.2 Å². The molecule has 4 nitrogen and oxygen atoms in total. The van der Waals surface area contributed by atoms with Gasteiger partial charge in [-0.25, -0.2) is 4.98 Å². The van der Waals surface area contributed by atoms with Crippen molar-refractivity contribution >= 4 is 29.1 Å². The summed E-state index contributed by atoms with van der Waals surface area (Å²) >= 11 is 0. The maximum atomic E-state index is 4.84. The Balaban J connectivity index is 0.00000196. The van der Waals surface area contributed by atoms with E-state index in [-0.39, 0.29) is 12.4 Å². The van der Waals surface area contributed by atoms with E-state index in [4.69, 9.17) is 4.98 Å². The monoisotopic (exact) mass is 370 g/mol. The number of anilines is 1. The lowest BCUT2D eigenvalue weighted by molar-refractivity contribution is 0.572. The van der Waals surface area contributed by atoms with Crippen molar-refractivity contribution in [3.8, 4) is 0 Å². The predicted octanol–water partition coefficient (Wildman–Crippen LogP) is 4.31. The average Bonchev–Trinajstić information content (AvgIpc) is 3.09. The molecule has 3 aromatic rings. The van der Waals surface area contributed by atoms with Crippen molar-refractivity contribution in [2.75, 3.05) is 24.5 Å². The number of halogens is 1. The molecule has 0 aliphatic carbocycles. The number of benzene rings is 1. The first-order valence-electron chi connectivity index (χ1n) is 9.37. The van der Waals surface area contributed by atoms with E-state index < -0.39 is 0 Å². The van der Waals surface area contributed by atoms with Crippen molar-refractivity contribution in [1.29, 1.82) is 0 Å².